The fraction of sp³-hybridized carbons (Fsp3) is 0.955. The summed E-state index contributed by atoms with van der Waals surface area (Å²) >= 11 is 0. The van der Waals surface area contributed by atoms with Crippen LogP contribution in [0.15, 0.2) is 12.2 Å². The van der Waals surface area contributed by atoms with Crippen LogP contribution >= 0.6 is 0 Å². The van der Waals surface area contributed by atoms with Gasteiger partial charge in [0.2, 0.25) is 5.91 Å². The van der Waals surface area contributed by atoms with Crippen molar-refractivity contribution < 1.29 is 51.8 Å². The van der Waals surface area contributed by atoms with E-state index in [-0.39, 0.29) is 18.9 Å². The topological polar surface area (TPSA) is 192 Å². The zero-order valence-corrected chi connectivity index (χ0v) is 52.3. The normalized spacial score (nSPS) is 18.7. The Bertz CT molecular complexity index is 1440. The molecule has 0 bridgehead atoms. The van der Waals surface area contributed by atoms with Crippen LogP contribution in [0.3, 0.4) is 0 Å². The molecule has 79 heavy (non-hydrogen) atoms. The van der Waals surface area contributed by atoms with E-state index in [9.17, 15) is 38.2 Å². The number of rotatable bonds is 61. The largest absolute Gasteiger partial charge is 0.397 e. The van der Waals surface area contributed by atoms with Crippen LogP contribution in [0.5, 0.6) is 0 Å². The molecule has 0 aromatic rings. The summed E-state index contributed by atoms with van der Waals surface area (Å²) < 4.78 is 48.0. The van der Waals surface area contributed by atoms with Gasteiger partial charge in [0.05, 0.1) is 25.4 Å². The molecule has 1 aliphatic rings. The van der Waals surface area contributed by atoms with E-state index in [4.69, 9.17) is 9.47 Å². The van der Waals surface area contributed by atoms with Crippen molar-refractivity contribution in [3.8, 4) is 0 Å². The van der Waals surface area contributed by atoms with E-state index in [0.717, 1.165) is 38.5 Å². The van der Waals surface area contributed by atoms with Gasteiger partial charge in [-0.05, 0) is 19.3 Å². The number of allylic oxidation sites excluding steroid dienone is 1. The van der Waals surface area contributed by atoms with E-state index < -0.39 is 59.9 Å². The second-order valence-corrected chi connectivity index (χ2v) is 25.2. The number of unbranched alkanes of at least 4 members (excludes halogenated alkanes) is 49. The third-order valence-corrected chi connectivity index (χ3v) is 17.0. The van der Waals surface area contributed by atoms with Crippen LogP contribution in [0.1, 0.15) is 348 Å². The smallest absolute Gasteiger partial charge is 0.394 e. The highest BCUT2D eigenvalue weighted by atomic mass is 32.3. The van der Waals surface area contributed by atoms with Crippen LogP contribution < -0.4 is 5.32 Å². The molecule has 0 radical (unpaired) electrons. The van der Waals surface area contributed by atoms with Crippen LogP contribution in [0.25, 0.3) is 0 Å². The number of aliphatic hydroxyl groups excluding tert-OH is 4. The van der Waals surface area contributed by atoms with Crippen LogP contribution in [0, 0.1) is 0 Å². The number of hydrogen-bond donors (Lipinski definition) is 6. The summed E-state index contributed by atoms with van der Waals surface area (Å²) in [6.45, 7) is 3.46. The predicted octanol–water partition coefficient (Wildman–Crippen LogP) is 17.4. The van der Waals surface area contributed by atoms with Gasteiger partial charge in [-0.1, -0.05) is 334 Å². The van der Waals surface area contributed by atoms with Crippen molar-refractivity contribution in [2.75, 3.05) is 13.2 Å². The molecule has 0 aromatic heterocycles. The van der Waals surface area contributed by atoms with Gasteiger partial charge in [0.15, 0.2) is 6.29 Å². The average Bonchev–Trinajstić information content (AvgIpc) is 3.43. The summed E-state index contributed by atoms with van der Waals surface area (Å²) in [6.07, 6.45) is 61.5. The molecule has 6 N–H and O–H groups in total. The molecule has 1 amide bonds. The fourth-order valence-electron chi connectivity index (χ4n) is 11.3. The van der Waals surface area contributed by atoms with Crippen LogP contribution in [-0.2, 0) is 28.9 Å². The summed E-state index contributed by atoms with van der Waals surface area (Å²) in [7, 11) is -5.09. The lowest BCUT2D eigenvalue weighted by atomic mass is 9.99. The maximum atomic E-state index is 13.2. The number of carbonyl (C=O) groups excluding carboxylic acids is 1. The Hall–Kier alpha value is -1.16. The zero-order valence-electron chi connectivity index (χ0n) is 51.5. The molecule has 7 unspecified atom stereocenters. The predicted molar refractivity (Wildman–Crippen MR) is 329 cm³/mol. The first-order valence-electron chi connectivity index (χ1n) is 34.1. The third-order valence-electron chi connectivity index (χ3n) is 16.6. The third kappa shape index (κ3) is 47.8. The Morgan fingerprint density at radius 3 is 1.10 bits per heavy atom. The maximum absolute atomic E-state index is 13.2. The summed E-state index contributed by atoms with van der Waals surface area (Å²) in [5, 5.41) is 45.1. The van der Waals surface area contributed by atoms with E-state index in [1.165, 1.54) is 283 Å². The molecule has 1 fully saturated rings. The van der Waals surface area contributed by atoms with Crippen molar-refractivity contribution in [3.05, 3.63) is 12.2 Å². The molecule has 1 aliphatic heterocycles. The van der Waals surface area contributed by atoms with Crippen molar-refractivity contribution in [3.63, 3.8) is 0 Å². The van der Waals surface area contributed by atoms with Gasteiger partial charge in [-0.2, -0.15) is 8.42 Å². The van der Waals surface area contributed by atoms with E-state index in [1.54, 1.807) is 6.08 Å². The lowest BCUT2D eigenvalue weighted by Crippen LogP contribution is -2.61. The molecule has 0 saturated carbocycles. The molecule has 0 aliphatic carbocycles. The zero-order chi connectivity index (χ0) is 57.5. The summed E-state index contributed by atoms with van der Waals surface area (Å²) in [5.41, 5.74) is 0. The van der Waals surface area contributed by atoms with Gasteiger partial charge in [-0.15, -0.1) is 0 Å². The number of nitrogens with one attached hydrogen (secondary N) is 1. The molecule has 7 atom stereocenters. The van der Waals surface area contributed by atoms with Crippen LogP contribution in [-0.4, -0.2) is 95.4 Å². The molecule has 13 heteroatoms. The van der Waals surface area contributed by atoms with Gasteiger partial charge in [0.25, 0.3) is 0 Å². The van der Waals surface area contributed by atoms with E-state index in [0.29, 0.717) is 6.42 Å². The Balaban J connectivity index is 2.21. The van der Waals surface area contributed by atoms with Gasteiger partial charge in [0, 0.05) is 6.42 Å². The second kappa shape index (κ2) is 56.0. The van der Waals surface area contributed by atoms with Gasteiger partial charge >= 0.3 is 10.4 Å². The number of ether oxygens (including phenoxy) is 2. The first-order valence-corrected chi connectivity index (χ1v) is 35.4. The fourth-order valence-corrected chi connectivity index (χ4v) is 11.9. The van der Waals surface area contributed by atoms with Gasteiger partial charge in [-0.3, -0.25) is 9.35 Å². The molecule has 0 spiro atoms. The lowest BCUT2D eigenvalue weighted by molar-refractivity contribution is -0.298. The summed E-state index contributed by atoms with van der Waals surface area (Å²) in [6, 6.07) is -0.941. The Morgan fingerprint density at radius 2 is 0.797 bits per heavy atom. The van der Waals surface area contributed by atoms with E-state index in [2.05, 4.69) is 23.3 Å². The summed E-state index contributed by atoms with van der Waals surface area (Å²) in [4.78, 5) is 13.2. The standard InChI is InChI=1S/C66H129NO11S/c1-3-5-7-9-11-13-15-17-19-21-23-24-25-26-27-28-29-30-31-32-33-34-35-36-38-40-42-44-46-48-50-52-54-56-62(70)67-59(58-76-66-64(72)65(78-79(73,74)75)63(71)61(57-68)77-66)60(69)55-53-51-49-47-45-43-41-39-37-22-20-18-16-14-12-10-8-6-4-2/h53,55,59-61,63-66,68-69,71-72H,3-52,54,56-58H2,1-2H3,(H,67,70)(H,73,74,75)/b55-53+. The maximum Gasteiger partial charge on any atom is 0.397 e. The first-order chi connectivity index (χ1) is 38.5. The van der Waals surface area contributed by atoms with Crippen molar-refractivity contribution >= 4 is 16.3 Å². The minimum absolute atomic E-state index is 0.253. The van der Waals surface area contributed by atoms with Crippen molar-refractivity contribution in [2.24, 2.45) is 0 Å². The highest BCUT2D eigenvalue weighted by Gasteiger charge is 2.48. The molecule has 1 rings (SSSR count). The average molecular weight is 1140 g/mol. The Labute approximate surface area is 487 Å². The number of hydrogen-bond acceptors (Lipinski definition) is 10. The summed E-state index contributed by atoms with van der Waals surface area (Å²) in [5.74, 6) is -0.253. The second-order valence-electron chi connectivity index (χ2n) is 24.1. The number of amides is 1. The molecule has 1 heterocycles. The highest BCUT2D eigenvalue weighted by molar-refractivity contribution is 7.80. The van der Waals surface area contributed by atoms with Gasteiger partial charge in [-0.25, -0.2) is 4.18 Å². The van der Waals surface area contributed by atoms with Crippen molar-refractivity contribution in [1.82, 2.24) is 5.32 Å². The number of carbonyl (C=O) groups is 1. The molecule has 0 aromatic carbocycles. The first kappa shape index (κ1) is 75.9. The quantitative estimate of drug-likeness (QED) is 0.0193. The van der Waals surface area contributed by atoms with Crippen molar-refractivity contribution in [1.29, 1.82) is 0 Å². The van der Waals surface area contributed by atoms with E-state index in [1.807, 2.05) is 6.08 Å². The van der Waals surface area contributed by atoms with Gasteiger partial charge < -0.3 is 35.2 Å². The van der Waals surface area contributed by atoms with Crippen molar-refractivity contribution in [2.45, 2.75) is 391 Å². The molecule has 12 nitrogen and oxygen atoms in total. The van der Waals surface area contributed by atoms with Crippen LogP contribution in [0.2, 0.25) is 0 Å². The lowest BCUT2D eigenvalue weighted by Gasteiger charge is -2.41. The van der Waals surface area contributed by atoms with E-state index >= 15 is 0 Å². The highest BCUT2D eigenvalue weighted by Crippen LogP contribution is 2.26. The molecule has 1 saturated heterocycles. The molecular weight excluding hydrogens is 1010 g/mol. The molecular formula is C66H129NO11S. The minimum Gasteiger partial charge on any atom is -0.394 e. The Kier molecular flexibility index (Phi) is 53.8. The molecule has 470 valence electrons. The Morgan fingerprint density at radius 1 is 0.494 bits per heavy atom. The SMILES string of the molecule is CCCCCCCCCCCCCCCCCCC/C=C/C(O)C(COC1OC(CO)C(O)C(OS(=O)(=O)O)C1O)NC(=O)CCCCCCCCCCCCCCCCCCCCCCCCCCCCCCCCCCC. The minimum atomic E-state index is -5.09. The van der Waals surface area contributed by atoms with Crippen LogP contribution in [0.4, 0.5) is 0 Å². The van der Waals surface area contributed by atoms with Gasteiger partial charge in [0.1, 0.15) is 24.4 Å². The monoisotopic (exact) mass is 1140 g/mol. The number of aliphatic hydroxyl groups is 4.